The molecule has 0 aliphatic heterocycles. The van der Waals surface area contributed by atoms with E-state index in [2.05, 4.69) is 12.2 Å². The molecule has 3 nitrogen and oxygen atoms in total. The molecule has 0 spiro atoms. The summed E-state index contributed by atoms with van der Waals surface area (Å²) in [6.45, 7) is 4.77. The molecule has 2 N–H and O–H groups in total. The van der Waals surface area contributed by atoms with E-state index in [1.165, 1.54) is 32.1 Å². The predicted molar refractivity (Wildman–Crippen MR) is 70.0 cm³/mol. The van der Waals surface area contributed by atoms with Gasteiger partial charge in [-0.25, -0.2) is 4.79 Å². The summed E-state index contributed by atoms with van der Waals surface area (Å²) in [6, 6.07) is 0.499. The number of nitrogens with one attached hydrogen (secondary N) is 1. The van der Waals surface area contributed by atoms with Gasteiger partial charge < -0.3 is 10.4 Å². The average molecular weight is 239 g/mol. The molecule has 0 heterocycles. The van der Waals surface area contributed by atoms with E-state index >= 15 is 0 Å². The Morgan fingerprint density at radius 3 is 2.59 bits per heavy atom. The molecule has 3 heteroatoms. The highest BCUT2D eigenvalue weighted by Gasteiger charge is 2.19. The van der Waals surface area contributed by atoms with Gasteiger partial charge in [-0.15, -0.1) is 0 Å². The molecule has 0 bridgehead atoms. The molecule has 0 aromatic rings. The van der Waals surface area contributed by atoms with Gasteiger partial charge in [0.2, 0.25) is 0 Å². The molecule has 1 aliphatic rings. The van der Waals surface area contributed by atoms with Crippen LogP contribution in [0, 0.1) is 5.92 Å². The van der Waals surface area contributed by atoms with Crippen LogP contribution >= 0.6 is 0 Å². The van der Waals surface area contributed by atoms with E-state index in [0.29, 0.717) is 24.6 Å². The summed E-state index contributed by atoms with van der Waals surface area (Å²) in [5.41, 5.74) is 0.508. The van der Waals surface area contributed by atoms with Crippen molar-refractivity contribution in [3.63, 3.8) is 0 Å². The van der Waals surface area contributed by atoms with Gasteiger partial charge in [-0.05, 0) is 32.1 Å². The minimum Gasteiger partial charge on any atom is -0.478 e. The van der Waals surface area contributed by atoms with E-state index in [-0.39, 0.29) is 0 Å². The van der Waals surface area contributed by atoms with E-state index in [1.54, 1.807) is 0 Å². The van der Waals surface area contributed by atoms with Gasteiger partial charge in [0.1, 0.15) is 0 Å². The van der Waals surface area contributed by atoms with E-state index < -0.39 is 5.97 Å². The normalized spacial score (nSPS) is 20.2. The summed E-state index contributed by atoms with van der Waals surface area (Å²) in [5.74, 6) is -0.0216. The lowest BCUT2D eigenvalue weighted by atomic mass is 9.84. The van der Waals surface area contributed by atoms with E-state index in [1.807, 2.05) is 13.0 Å². The van der Waals surface area contributed by atoms with Gasteiger partial charge in [-0.3, -0.25) is 0 Å². The Hall–Kier alpha value is -0.830. The standard InChI is InChI=1S/C14H25NO2/c1-3-12(14(16)17)9-10-15-11(2)13-7-5-4-6-8-13/h9,11,13,15H,3-8,10H2,1-2H3,(H,16,17). The van der Waals surface area contributed by atoms with Crippen molar-refractivity contribution >= 4 is 5.97 Å². The number of hydrogen-bond acceptors (Lipinski definition) is 2. The van der Waals surface area contributed by atoms with Gasteiger partial charge in [0.15, 0.2) is 0 Å². The minimum absolute atomic E-state index is 0.499. The van der Waals surface area contributed by atoms with Crippen LogP contribution in [0.2, 0.25) is 0 Å². The van der Waals surface area contributed by atoms with Crippen LogP contribution in [0.4, 0.5) is 0 Å². The Morgan fingerprint density at radius 1 is 1.41 bits per heavy atom. The summed E-state index contributed by atoms with van der Waals surface area (Å²) in [5, 5.41) is 12.3. The first kappa shape index (κ1) is 14.2. The highest BCUT2D eigenvalue weighted by Crippen LogP contribution is 2.26. The SMILES string of the molecule is CCC(=CCNC(C)C1CCCCC1)C(=O)O. The maximum absolute atomic E-state index is 10.8. The number of carboxylic acid groups (broad SMARTS) is 1. The molecule has 1 rings (SSSR count). The number of rotatable bonds is 6. The van der Waals surface area contributed by atoms with Crippen LogP contribution in [0.15, 0.2) is 11.6 Å². The molecule has 98 valence electrons. The summed E-state index contributed by atoms with van der Waals surface area (Å²) < 4.78 is 0. The fraction of sp³-hybridized carbons (Fsp3) is 0.786. The maximum atomic E-state index is 10.8. The molecule has 0 radical (unpaired) electrons. The van der Waals surface area contributed by atoms with Crippen LogP contribution in [-0.2, 0) is 4.79 Å². The zero-order chi connectivity index (χ0) is 12.7. The first-order chi connectivity index (χ1) is 8.15. The predicted octanol–water partition coefficient (Wildman–Crippen LogP) is 2.97. The third-order valence-corrected chi connectivity index (χ3v) is 3.80. The second-order valence-electron chi connectivity index (χ2n) is 4.98. The van der Waals surface area contributed by atoms with Gasteiger partial charge in [-0.2, -0.15) is 0 Å². The largest absolute Gasteiger partial charge is 0.478 e. The van der Waals surface area contributed by atoms with Crippen LogP contribution in [0.5, 0.6) is 0 Å². The fourth-order valence-corrected chi connectivity index (χ4v) is 2.55. The molecule has 1 fully saturated rings. The summed E-state index contributed by atoms with van der Waals surface area (Å²) in [7, 11) is 0. The maximum Gasteiger partial charge on any atom is 0.331 e. The lowest BCUT2D eigenvalue weighted by Gasteiger charge is -2.28. The molecule has 0 saturated heterocycles. The fourth-order valence-electron chi connectivity index (χ4n) is 2.55. The number of hydrogen-bond donors (Lipinski definition) is 2. The van der Waals surface area contributed by atoms with E-state index in [0.717, 1.165) is 5.92 Å². The quantitative estimate of drug-likeness (QED) is 0.701. The van der Waals surface area contributed by atoms with Crippen molar-refractivity contribution in [3.05, 3.63) is 11.6 Å². The molecule has 17 heavy (non-hydrogen) atoms. The van der Waals surface area contributed by atoms with Crippen LogP contribution in [-0.4, -0.2) is 23.7 Å². The molecule has 1 saturated carbocycles. The number of carboxylic acids is 1. The van der Waals surface area contributed by atoms with Crippen LogP contribution in [0.1, 0.15) is 52.4 Å². The molecule has 1 unspecified atom stereocenters. The Balaban J connectivity index is 2.31. The first-order valence-electron chi connectivity index (χ1n) is 6.80. The summed E-state index contributed by atoms with van der Waals surface area (Å²) in [4.78, 5) is 10.8. The van der Waals surface area contributed by atoms with Crippen molar-refractivity contribution in [1.29, 1.82) is 0 Å². The molecule has 0 aromatic heterocycles. The molecular formula is C14H25NO2. The van der Waals surface area contributed by atoms with Crippen molar-refractivity contribution in [3.8, 4) is 0 Å². The second kappa shape index (κ2) is 7.49. The summed E-state index contributed by atoms with van der Waals surface area (Å²) in [6.07, 6.45) is 9.11. The molecule has 1 aliphatic carbocycles. The number of aliphatic carboxylic acids is 1. The summed E-state index contributed by atoms with van der Waals surface area (Å²) >= 11 is 0. The van der Waals surface area contributed by atoms with Crippen molar-refractivity contribution in [2.45, 2.75) is 58.4 Å². The second-order valence-corrected chi connectivity index (χ2v) is 4.98. The van der Waals surface area contributed by atoms with Crippen LogP contribution < -0.4 is 5.32 Å². The zero-order valence-electron chi connectivity index (χ0n) is 11.0. The van der Waals surface area contributed by atoms with E-state index in [9.17, 15) is 4.79 Å². The van der Waals surface area contributed by atoms with Gasteiger partial charge in [0.25, 0.3) is 0 Å². The highest BCUT2D eigenvalue weighted by molar-refractivity contribution is 5.86. The van der Waals surface area contributed by atoms with E-state index in [4.69, 9.17) is 5.11 Å². The highest BCUT2D eigenvalue weighted by atomic mass is 16.4. The zero-order valence-corrected chi connectivity index (χ0v) is 11.0. The Bertz CT molecular complexity index is 267. The van der Waals surface area contributed by atoms with Crippen molar-refractivity contribution in [1.82, 2.24) is 5.32 Å². The number of carbonyl (C=O) groups is 1. The minimum atomic E-state index is -0.792. The van der Waals surface area contributed by atoms with Gasteiger partial charge in [0, 0.05) is 18.2 Å². The Labute approximate surface area is 104 Å². The van der Waals surface area contributed by atoms with Crippen molar-refractivity contribution in [2.24, 2.45) is 5.92 Å². The average Bonchev–Trinajstić information content (AvgIpc) is 2.35. The topological polar surface area (TPSA) is 49.3 Å². The molecule has 0 amide bonds. The smallest absolute Gasteiger partial charge is 0.331 e. The van der Waals surface area contributed by atoms with Gasteiger partial charge in [0.05, 0.1) is 0 Å². The molecule has 1 atom stereocenters. The van der Waals surface area contributed by atoms with Crippen LogP contribution in [0.25, 0.3) is 0 Å². The molecule has 0 aromatic carbocycles. The Morgan fingerprint density at radius 2 is 2.06 bits per heavy atom. The van der Waals surface area contributed by atoms with Gasteiger partial charge in [-0.1, -0.05) is 32.3 Å². The Kier molecular flexibility index (Phi) is 6.27. The third kappa shape index (κ3) is 4.90. The van der Waals surface area contributed by atoms with Gasteiger partial charge >= 0.3 is 5.97 Å². The van der Waals surface area contributed by atoms with Crippen LogP contribution in [0.3, 0.4) is 0 Å². The lowest BCUT2D eigenvalue weighted by molar-refractivity contribution is -0.132. The molecular weight excluding hydrogens is 214 g/mol. The van der Waals surface area contributed by atoms with Crippen molar-refractivity contribution < 1.29 is 9.90 Å². The first-order valence-corrected chi connectivity index (χ1v) is 6.80. The third-order valence-electron chi connectivity index (χ3n) is 3.80. The lowest BCUT2D eigenvalue weighted by Crippen LogP contribution is -2.34. The monoisotopic (exact) mass is 239 g/mol. The van der Waals surface area contributed by atoms with Crippen molar-refractivity contribution in [2.75, 3.05) is 6.54 Å².